The van der Waals surface area contributed by atoms with E-state index in [1.54, 1.807) is 0 Å². The van der Waals surface area contributed by atoms with Gasteiger partial charge in [-0.1, -0.05) is 101 Å². The summed E-state index contributed by atoms with van der Waals surface area (Å²) in [4.78, 5) is 34.1. The molecule has 3 aromatic rings. The molecule has 0 saturated heterocycles. The fourth-order valence-corrected chi connectivity index (χ4v) is 5.60. The van der Waals surface area contributed by atoms with Crippen molar-refractivity contribution in [2.75, 3.05) is 0 Å². The van der Waals surface area contributed by atoms with Crippen molar-refractivity contribution in [3.63, 3.8) is 0 Å². The molecule has 0 N–H and O–H groups in total. The van der Waals surface area contributed by atoms with Gasteiger partial charge in [-0.05, 0) is 68.0 Å². The van der Waals surface area contributed by atoms with E-state index in [4.69, 9.17) is 22.0 Å². The van der Waals surface area contributed by atoms with Crippen LogP contribution in [-0.4, -0.2) is 17.9 Å². The van der Waals surface area contributed by atoms with Gasteiger partial charge in [-0.3, -0.25) is 0 Å². The van der Waals surface area contributed by atoms with Crippen LogP contribution in [0.2, 0.25) is 0 Å². The normalized spacial score (nSPS) is 12.2. The first kappa shape index (κ1) is 42.7. The molecule has 0 atom stereocenters. The highest BCUT2D eigenvalue weighted by atomic mass is 79.9. The number of carbonyl (C=O) groups excluding carboxylic acids is 3. The van der Waals surface area contributed by atoms with Crippen molar-refractivity contribution in [1.29, 1.82) is 0 Å². The second kappa shape index (κ2) is 21.6. The molecule has 3 aromatic carbocycles. The Kier molecular flexibility index (Phi) is 18.8. The number of halogens is 1. The highest BCUT2D eigenvalue weighted by Crippen LogP contribution is 2.30. The van der Waals surface area contributed by atoms with Gasteiger partial charge in [0.05, 0.1) is 16.7 Å². The van der Waals surface area contributed by atoms with Crippen LogP contribution in [0.3, 0.4) is 0 Å². The van der Waals surface area contributed by atoms with E-state index < -0.39 is 0 Å². The van der Waals surface area contributed by atoms with Crippen molar-refractivity contribution in [2.24, 2.45) is 0 Å². The van der Waals surface area contributed by atoms with E-state index in [1.165, 1.54) is 25.8 Å². The zero-order valence-corrected chi connectivity index (χ0v) is 30.1. The Balaban J connectivity index is 0.000000658. The largest absolute Gasteiger partial charge is 0.457 e. The molecule has 0 saturated carbocycles. The van der Waals surface area contributed by atoms with Crippen molar-refractivity contribution in [3.8, 4) is 24.2 Å². The van der Waals surface area contributed by atoms with Gasteiger partial charge in [0.1, 0.15) is 19.8 Å². The SMILES string of the molecule is C.C.C#CCC.CCC#Cc1ccc(C)c2c1COC2=O.CCCCc1ccc(C)c2c1COC2=O.Cc1ccc(Br)c2c1C(=O)OC2.[3H]C. The standard InChI is InChI=1S/C13H16O2.C13H12O2.C9H7BrO2.C4H6.3CH4/c2*1-3-4-5-10-7-6-9(2)12-11(10)8-15-13(12)14;1-5-2-3-7(10)6-4-12-9(11)8(5)6;1-3-4-2;;;/h6-7H,3-5,8H2,1-2H3;6-7H,3,8H2,1-2H3;2-3H,4H2,1H3;1H,4H2,2H3;3*1H4/i;;;;1T;;. The first-order valence-electron chi connectivity index (χ1n) is 16.5. The number of benzene rings is 3. The molecule has 3 heterocycles. The molecule has 0 aromatic heterocycles. The summed E-state index contributed by atoms with van der Waals surface area (Å²) in [5.74, 6) is 7.93. The van der Waals surface area contributed by atoms with Crippen LogP contribution in [0.4, 0.5) is 0 Å². The minimum atomic E-state index is -0.220. The smallest absolute Gasteiger partial charge is 0.339 e. The van der Waals surface area contributed by atoms with Crippen molar-refractivity contribution >= 4 is 33.8 Å². The lowest BCUT2D eigenvalue weighted by molar-refractivity contribution is 0.0525. The maximum absolute atomic E-state index is 11.5. The van der Waals surface area contributed by atoms with E-state index in [-0.39, 0.29) is 32.8 Å². The molecule has 0 amide bonds. The van der Waals surface area contributed by atoms with E-state index in [2.05, 4.69) is 46.7 Å². The van der Waals surface area contributed by atoms with E-state index in [1.807, 2.05) is 65.0 Å². The van der Waals surface area contributed by atoms with E-state index in [9.17, 15) is 14.4 Å². The van der Waals surface area contributed by atoms with Crippen LogP contribution < -0.4 is 0 Å². The second-order valence-electron chi connectivity index (χ2n) is 10.9. The van der Waals surface area contributed by atoms with Gasteiger partial charge >= 0.3 is 17.9 Å². The molecule has 0 radical (unpaired) electrons. The predicted octanol–water partition coefficient (Wildman–Crippen LogP) is 10.8. The van der Waals surface area contributed by atoms with Crippen molar-refractivity contribution in [2.45, 2.75) is 116 Å². The molecule has 0 bridgehead atoms. The highest BCUT2D eigenvalue weighted by Gasteiger charge is 2.27. The number of cyclic esters (lactones) is 3. The molecule has 6 rings (SSSR count). The Labute approximate surface area is 304 Å². The minimum absolute atomic E-state index is 0. The van der Waals surface area contributed by atoms with Gasteiger partial charge in [-0.25, -0.2) is 14.4 Å². The van der Waals surface area contributed by atoms with E-state index >= 15 is 0 Å². The van der Waals surface area contributed by atoms with Gasteiger partial charge in [0.15, 0.2) is 0 Å². The molecule has 0 aliphatic carbocycles. The monoisotopic (exact) mass is 734 g/mol. The zero-order chi connectivity index (χ0) is 35.8. The van der Waals surface area contributed by atoms with E-state index in [0.29, 0.717) is 25.4 Å². The summed E-state index contributed by atoms with van der Waals surface area (Å²) in [5.41, 5.74) is 10.5. The number of fused-ring (bicyclic) bond motifs is 3. The topological polar surface area (TPSA) is 78.9 Å². The maximum Gasteiger partial charge on any atom is 0.339 e. The summed E-state index contributed by atoms with van der Waals surface area (Å²) in [6.45, 7) is 13.2. The third kappa shape index (κ3) is 11.1. The van der Waals surface area contributed by atoms with Crippen LogP contribution >= 0.6 is 15.9 Å². The van der Waals surface area contributed by atoms with Crippen LogP contribution in [0, 0.1) is 45.0 Å². The van der Waals surface area contributed by atoms with Gasteiger partial charge in [0, 0.05) is 40.9 Å². The van der Waals surface area contributed by atoms with Crippen molar-refractivity contribution in [3.05, 3.63) is 102 Å². The number of rotatable bonds is 3. The molecule has 7 heteroatoms. The lowest BCUT2D eigenvalue weighted by atomic mass is 9.95. The van der Waals surface area contributed by atoms with Crippen LogP contribution in [0.25, 0.3) is 0 Å². The summed E-state index contributed by atoms with van der Waals surface area (Å²) >= 11 is 3.38. The molecule has 0 unspecified atom stereocenters. The number of unbranched alkanes of at least 4 members (excludes halogenated alkanes) is 1. The van der Waals surface area contributed by atoms with E-state index in [0.717, 1.165) is 73.8 Å². The molecule has 49 heavy (non-hydrogen) atoms. The first-order chi connectivity index (χ1) is 23.1. The Morgan fingerprint density at radius 2 is 1.16 bits per heavy atom. The summed E-state index contributed by atoms with van der Waals surface area (Å²) in [5, 5.41) is 0. The molecule has 0 fully saturated rings. The van der Waals surface area contributed by atoms with Crippen LogP contribution in [0.1, 0.15) is 146 Å². The van der Waals surface area contributed by atoms with Crippen LogP contribution in [-0.2, 0) is 40.5 Å². The van der Waals surface area contributed by atoms with Gasteiger partial charge in [0.2, 0.25) is 0 Å². The van der Waals surface area contributed by atoms with Gasteiger partial charge in [-0.2, -0.15) is 0 Å². The molecular weight excluding hydrogens is 680 g/mol. The average molecular weight is 736 g/mol. The number of carbonyl (C=O) groups is 3. The van der Waals surface area contributed by atoms with Crippen molar-refractivity contribution < 1.29 is 30.0 Å². The lowest BCUT2D eigenvalue weighted by Crippen LogP contribution is -1.99. The Morgan fingerprint density at radius 1 is 0.714 bits per heavy atom. The number of hydrogen-bond donors (Lipinski definition) is 0. The van der Waals surface area contributed by atoms with Crippen molar-refractivity contribution in [1.82, 2.24) is 0 Å². The Bertz CT molecular complexity index is 1720. The zero-order valence-electron chi connectivity index (χ0n) is 29.5. The fourth-order valence-electron chi connectivity index (χ4n) is 5.15. The second-order valence-corrected chi connectivity index (χ2v) is 11.8. The third-order valence-corrected chi connectivity index (χ3v) is 8.41. The number of aryl methyl sites for hydroxylation is 4. The molecular formula is C42H53BrO6. The number of hydrogen-bond acceptors (Lipinski definition) is 6. The lowest BCUT2D eigenvalue weighted by Gasteiger charge is -2.06. The highest BCUT2D eigenvalue weighted by molar-refractivity contribution is 9.10. The van der Waals surface area contributed by atoms with Gasteiger partial charge in [0.25, 0.3) is 0 Å². The Morgan fingerprint density at radius 3 is 1.65 bits per heavy atom. The summed E-state index contributed by atoms with van der Waals surface area (Å²) in [6, 6.07) is 11.9. The molecule has 264 valence electrons. The van der Waals surface area contributed by atoms with Gasteiger partial charge < -0.3 is 14.2 Å². The number of esters is 3. The van der Waals surface area contributed by atoms with Crippen LogP contribution in [0.5, 0.6) is 0 Å². The number of terminal acetylenes is 1. The third-order valence-electron chi connectivity index (χ3n) is 7.66. The summed E-state index contributed by atoms with van der Waals surface area (Å²) < 4.78 is 21.7. The molecule has 6 nitrogen and oxygen atoms in total. The summed E-state index contributed by atoms with van der Waals surface area (Å²) in [7, 11) is 1.25. The van der Waals surface area contributed by atoms with Gasteiger partial charge in [-0.15, -0.1) is 12.3 Å². The minimum Gasteiger partial charge on any atom is -0.457 e. The fraction of sp³-hybridized carbons (Fsp3) is 0.405. The molecule has 3 aliphatic heterocycles. The number of ether oxygens (including phenoxy) is 3. The summed E-state index contributed by atoms with van der Waals surface area (Å²) in [6.07, 6.45) is 9.84. The Hall–Kier alpha value is -4.33. The first-order valence-corrected chi connectivity index (χ1v) is 16.3. The quantitative estimate of drug-likeness (QED) is 0.151. The maximum atomic E-state index is 11.5. The molecule has 0 spiro atoms. The average Bonchev–Trinajstić information content (AvgIpc) is 3.82. The van der Waals surface area contributed by atoms with Crippen LogP contribution in [0.15, 0.2) is 40.9 Å². The molecule has 3 aliphatic rings. The predicted molar refractivity (Wildman–Crippen MR) is 204 cm³/mol.